The summed E-state index contributed by atoms with van der Waals surface area (Å²) in [5.74, 6) is -0.280. The molecule has 2 aromatic carbocycles. The Hall–Kier alpha value is -2.49. The van der Waals surface area contributed by atoms with Gasteiger partial charge in [0.05, 0.1) is 6.61 Å². The van der Waals surface area contributed by atoms with Crippen molar-refractivity contribution in [1.82, 2.24) is 0 Å². The fourth-order valence-corrected chi connectivity index (χ4v) is 2.14. The van der Waals surface area contributed by atoms with Gasteiger partial charge >= 0.3 is 5.97 Å². The number of benzene rings is 2. The van der Waals surface area contributed by atoms with Gasteiger partial charge in [-0.25, -0.2) is 4.79 Å². The van der Waals surface area contributed by atoms with Crippen LogP contribution in [0.15, 0.2) is 54.6 Å². The van der Waals surface area contributed by atoms with Crippen LogP contribution in [-0.4, -0.2) is 17.7 Å². The first-order chi connectivity index (χ1) is 10.1. The zero-order valence-corrected chi connectivity index (χ0v) is 12.2. The molecule has 2 N–H and O–H groups in total. The van der Waals surface area contributed by atoms with E-state index in [9.17, 15) is 9.90 Å². The number of anilines is 1. The molecule has 0 heterocycles. The average molecular weight is 285 g/mol. The van der Waals surface area contributed by atoms with Crippen LogP contribution in [0.1, 0.15) is 19.4 Å². The third-order valence-electron chi connectivity index (χ3n) is 3.28. The zero-order valence-electron chi connectivity index (χ0n) is 12.2. The van der Waals surface area contributed by atoms with Crippen molar-refractivity contribution >= 4 is 11.7 Å². The van der Waals surface area contributed by atoms with E-state index in [2.05, 4.69) is 5.32 Å². The van der Waals surface area contributed by atoms with Crippen LogP contribution in [-0.2, 0) is 15.1 Å². The largest absolute Gasteiger partial charge is 0.508 e. The van der Waals surface area contributed by atoms with E-state index < -0.39 is 5.54 Å². The normalized spacial score (nSPS) is 13.2. The van der Waals surface area contributed by atoms with Crippen molar-refractivity contribution < 1.29 is 14.6 Å². The molecule has 1 atom stereocenters. The van der Waals surface area contributed by atoms with Crippen LogP contribution >= 0.6 is 0 Å². The van der Waals surface area contributed by atoms with Crippen LogP contribution in [0.3, 0.4) is 0 Å². The minimum absolute atomic E-state index is 0.109. The van der Waals surface area contributed by atoms with Crippen molar-refractivity contribution in [3.8, 4) is 5.75 Å². The highest BCUT2D eigenvalue weighted by Gasteiger charge is 2.37. The van der Waals surface area contributed by atoms with Crippen LogP contribution in [0.2, 0.25) is 0 Å². The lowest BCUT2D eigenvalue weighted by Gasteiger charge is -2.30. The molecular formula is C17H19NO3. The van der Waals surface area contributed by atoms with Gasteiger partial charge in [-0.1, -0.05) is 30.3 Å². The van der Waals surface area contributed by atoms with Crippen LogP contribution in [0, 0.1) is 0 Å². The molecule has 0 bridgehead atoms. The molecule has 0 aliphatic heterocycles. The molecule has 0 saturated heterocycles. The van der Waals surface area contributed by atoms with Crippen molar-refractivity contribution in [3.63, 3.8) is 0 Å². The molecule has 0 aliphatic rings. The molecule has 1 unspecified atom stereocenters. The summed E-state index contributed by atoms with van der Waals surface area (Å²) in [6, 6.07) is 16.0. The Bertz CT molecular complexity index is 612. The van der Waals surface area contributed by atoms with Crippen LogP contribution in [0.4, 0.5) is 5.69 Å². The summed E-state index contributed by atoms with van der Waals surface area (Å²) >= 11 is 0. The molecular weight excluding hydrogens is 266 g/mol. The summed E-state index contributed by atoms with van der Waals surface area (Å²) < 4.78 is 5.19. The molecule has 110 valence electrons. The summed E-state index contributed by atoms with van der Waals surface area (Å²) in [4.78, 5) is 12.4. The number of phenolic OH excluding ortho intramolecular Hbond substituents is 1. The second-order valence-electron chi connectivity index (χ2n) is 4.89. The van der Waals surface area contributed by atoms with Crippen LogP contribution < -0.4 is 5.32 Å². The maximum Gasteiger partial charge on any atom is 0.336 e. The third kappa shape index (κ3) is 3.34. The van der Waals surface area contributed by atoms with Crippen molar-refractivity contribution in [2.24, 2.45) is 0 Å². The van der Waals surface area contributed by atoms with Crippen LogP contribution in [0.25, 0.3) is 0 Å². The number of hydrogen-bond acceptors (Lipinski definition) is 4. The minimum Gasteiger partial charge on any atom is -0.508 e. The standard InChI is InChI=1S/C17H19NO3/c1-3-21-16(20)17(2,13-8-7-11-15(19)12-13)18-14-9-5-4-6-10-14/h4-12,18-19H,3H2,1-2H3. The van der Waals surface area contributed by atoms with Gasteiger partial charge in [-0.2, -0.15) is 0 Å². The fraction of sp³-hybridized carbons (Fsp3) is 0.235. The molecule has 21 heavy (non-hydrogen) atoms. The lowest BCUT2D eigenvalue weighted by molar-refractivity contribution is -0.148. The smallest absolute Gasteiger partial charge is 0.336 e. The highest BCUT2D eigenvalue weighted by Crippen LogP contribution is 2.29. The number of phenols is 1. The number of rotatable bonds is 5. The second kappa shape index (κ2) is 6.31. The van der Waals surface area contributed by atoms with Crippen molar-refractivity contribution in [2.75, 3.05) is 11.9 Å². The van der Waals surface area contributed by atoms with Gasteiger partial charge in [0.15, 0.2) is 5.54 Å². The van der Waals surface area contributed by atoms with E-state index in [1.165, 1.54) is 0 Å². The first-order valence-corrected chi connectivity index (χ1v) is 6.86. The third-order valence-corrected chi connectivity index (χ3v) is 3.28. The maximum absolute atomic E-state index is 12.4. The number of para-hydroxylation sites is 1. The van der Waals surface area contributed by atoms with E-state index in [1.807, 2.05) is 30.3 Å². The molecule has 0 amide bonds. The number of esters is 1. The summed E-state index contributed by atoms with van der Waals surface area (Å²) in [6.07, 6.45) is 0. The molecule has 0 aromatic heterocycles. The predicted octanol–water partition coefficient (Wildman–Crippen LogP) is 3.28. The van der Waals surface area contributed by atoms with Crippen molar-refractivity contribution in [2.45, 2.75) is 19.4 Å². The topological polar surface area (TPSA) is 58.6 Å². The van der Waals surface area contributed by atoms with E-state index >= 15 is 0 Å². The van der Waals surface area contributed by atoms with Gasteiger partial charge in [0.1, 0.15) is 5.75 Å². The highest BCUT2D eigenvalue weighted by molar-refractivity contribution is 5.86. The second-order valence-corrected chi connectivity index (χ2v) is 4.89. The minimum atomic E-state index is -1.07. The van der Waals surface area contributed by atoms with Gasteiger partial charge in [0.2, 0.25) is 0 Å². The molecule has 4 heteroatoms. The average Bonchev–Trinajstić information content (AvgIpc) is 2.48. The summed E-state index contributed by atoms with van der Waals surface area (Å²) in [5.41, 5.74) is 0.372. The number of nitrogens with one attached hydrogen (secondary N) is 1. The zero-order chi connectivity index (χ0) is 15.3. The van der Waals surface area contributed by atoms with E-state index in [4.69, 9.17) is 4.74 Å². The highest BCUT2D eigenvalue weighted by atomic mass is 16.5. The molecule has 0 saturated carbocycles. The molecule has 2 aromatic rings. The van der Waals surface area contributed by atoms with E-state index in [-0.39, 0.29) is 11.7 Å². The maximum atomic E-state index is 12.4. The number of ether oxygens (including phenoxy) is 1. The molecule has 4 nitrogen and oxygen atoms in total. The Kier molecular flexibility index (Phi) is 4.48. The fourth-order valence-electron chi connectivity index (χ4n) is 2.14. The Labute approximate surface area is 124 Å². The van der Waals surface area contributed by atoms with Gasteiger partial charge in [0, 0.05) is 5.69 Å². The summed E-state index contributed by atoms with van der Waals surface area (Å²) in [7, 11) is 0. The SMILES string of the molecule is CCOC(=O)C(C)(Nc1ccccc1)c1cccc(O)c1. The van der Waals surface area contributed by atoms with Gasteiger partial charge in [-0.3, -0.25) is 0 Å². The lowest BCUT2D eigenvalue weighted by Crippen LogP contribution is -2.42. The molecule has 2 rings (SSSR count). The summed E-state index contributed by atoms with van der Waals surface area (Å²) in [6.45, 7) is 3.81. The van der Waals surface area contributed by atoms with Gasteiger partial charge < -0.3 is 15.2 Å². The van der Waals surface area contributed by atoms with Gasteiger partial charge in [-0.05, 0) is 43.7 Å². The first-order valence-electron chi connectivity index (χ1n) is 6.86. The molecule has 0 spiro atoms. The van der Waals surface area contributed by atoms with E-state index in [0.29, 0.717) is 12.2 Å². The van der Waals surface area contributed by atoms with Gasteiger partial charge in [-0.15, -0.1) is 0 Å². The van der Waals surface area contributed by atoms with E-state index in [0.717, 1.165) is 5.69 Å². The predicted molar refractivity (Wildman–Crippen MR) is 82.2 cm³/mol. The molecule has 0 aliphatic carbocycles. The number of aromatic hydroxyl groups is 1. The first kappa shape index (κ1) is 14.9. The quantitative estimate of drug-likeness (QED) is 0.828. The molecule has 0 radical (unpaired) electrons. The molecule has 0 fully saturated rings. The Morgan fingerprint density at radius 3 is 2.52 bits per heavy atom. The van der Waals surface area contributed by atoms with Crippen LogP contribution in [0.5, 0.6) is 5.75 Å². The number of hydrogen-bond donors (Lipinski definition) is 2. The number of carbonyl (C=O) groups is 1. The van der Waals surface area contributed by atoms with Crippen molar-refractivity contribution in [1.29, 1.82) is 0 Å². The van der Waals surface area contributed by atoms with Crippen molar-refractivity contribution in [3.05, 3.63) is 60.2 Å². The van der Waals surface area contributed by atoms with Gasteiger partial charge in [0.25, 0.3) is 0 Å². The Morgan fingerprint density at radius 1 is 1.19 bits per heavy atom. The number of carbonyl (C=O) groups excluding carboxylic acids is 1. The lowest BCUT2D eigenvalue weighted by atomic mass is 9.91. The van der Waals surface area contributed by atoms with E-state index in [1.54, 1.807) is 38.1 Å². The Morgan fingerprint density at radius 2 is 1.90 bits per heavy atom. The Balaban J connectivity index is 2.41. The summed E-state index contributed by atoms with van der Waals surface area (Å²) in [5, 5.41) is 12.9. The monoisotopic (exact) mass is 285 g/mol.